The van der Waals surface area contributed by atoms with Crippen LogP contribution in [0.2, 0.25) is 0 Å². The molecule has 1 aliphatic rings. The van der Waals surface area contributed by atoms with E-state index in [2.05, 4.69) is 85.8 Å². The number of benzene rings is 3. The van der Waals surface area contributed by atoms with Crippen LogP contribution < -0.4 is 0 Å². The number of hydrogen-bond acceptors (Lipinski definition) is 0. The van der Waals surface area contributed by atoms with Crippen LogP contribution in [0.1, 0.15) is 29.5 Å². The lowest BCUT2D eigenvalue weighted by atomic mass is 9.89. The third kappa shape index (κ3) is 3.05. The molecule has 0 saturated carbocycles. The van der Waals surface area contributed by atoms with Gasteiger partial charge in [-0.25, -0.2) is 0 Å². The molecule has 0 fully saturated rings. The van der Waals surface area contributed by atoms with E-state index in [4.69, 9.17) is 0 Å². The maximum Gasteiger partial charge on any atom is -0.00577 e. The van der Waals surface area contributed by atoms with Gasteiger partial charge in [-0.3, -0.25) is 0 Å². The lowest BCUT2D eigenvalue weighted by molar-refractivity contribution is 0.926. The van der Waals surface area contributed by atoms with Crippen molar-refractivity contribution in [3.63, 3.8) is 0 Å². The lowest BCUT2D eigenvalue weighted by Gasteiger charge is -2.16. The van der Waals surface area contributed by atoms with Gasteiger partial charge in [0.1, 0.15) is 0 Å². The summed E-state index contributed by atoms with van der Waals surface area (Å²) >= 11 is 0. The molecule has 0 heterocycles. The second-order valence-corrected chi connectivity index (χ2v) is 6.70. The predicted molar refractivity (Wildman–Crippen MR) is 104 cm³/mol. The van der Waals surface area contributed by atoms with E-state index >= 15 is 0 Å². The monoisotopic (exact) mass is 310 g/mol. The van der Waals surface area contributed by atoms with Gasteiger partial charge in [0.25, 0.3) is 0 Å². The SMILES string of the molecule is Cc1ccc(C2=CC=C(Cc3cccc4ccccc34)CC2)cc1. The van der Waals surface area contributed by atoms with Crippen molar-refractivity contribution in [2.24, 2.45) is 0 Å². The zero-order valence-corrected chi connectivity index (χ0v) is 14.1. The zero-order chi connectivity index (χ0) is 16.4. The van der Waals surface area contributed by atoms with E-state index in [1.54, 1.807) is 0 Å². The number of hydrogen-bond donors (Lipinski definition) is 0. The number of rotatable bonds is 3. The second-order valence-electron chi connectivity index (χ2n) is 6.70. The Morgan fingerprint density at radius 1 is 0.750 bits per heavy atom. The Morgan fingerprint density at radius 3 is 2.33 bits per heavy atom. The van der Waals surface area contributed by atoms with Gasteiger partial charge in [-0.15, -0.1) is 0 Å². The number of allylic oxidation sites excluding steroid dienone is 4. The minimum absolute atomic E-state index is 1.05. The maximum atomic E-state index is 2.33. The van der Waals surface area contributed by atoms with Crippen LogP contribution in [-0.2, 0) is 6.42 Å². The summed E-state index contributed by atoms with van der Waals surface area (Å²) in [5.41, 5.74) is 7.11. The third-order valence-electron chi connectivity index (χ3n) is 4.96. The Morgan fingerprint density at radius 2 is 1.54 bits per heavy atom. The smallest absolute Gasteiger partial charge is 0.00577 e. The van der Waals surface area contributed by atoms with E-state index in [-0.39, 0.29) is 0 Å². The number of aryl methyl sites for hydroxylation is 1. The first-order valence-electron chi connectivity index (χ1n) is 8.72. The van der Waals surface area contributed by atoms with Crippen LogP contribution in [0, 0.1) is 6.92 Å². The van der Waals surface area contributed by atoms with Crippen molar-refractivity contribution in [1.82, 2.24) is 0 Å². The fourth-order valence-corrected chi connectivity index (χ4v) is 3.53. The van der Waals surface area contributed by atoms with Gasteiger partial charge in [0, 0.05) is 0 Å². The van der Waals surface area contributed by atoms with Crippen molar-refractivity contribution in [2.75, 3.05) is 0 Å². The predicted octanol–water partition coefficient (Wildman–Crippen LogP) is 6.49. The molecule has 0 atom stereocenters. The van der Waals surface area contributed by atoms with Crippen LogP contribution in [0.4, 0.5) is 0 Å². The van der Waals surface area contributed by atoms with Crippen molar-refractivity contribution < 1.29 is 0 Å². The maximum absolute atomic E-state index is 2.33. The highest BCUT2D eigenvalue weighted by atomic mass is 14.1. The molecular weight excluding hydrogens is 288 g/mol. The Kier molecular flexibility index (Phi) is 4.04. The summed E-state index contributed by atoms with van der Waals surface area (Å²) in [5, 5.41) is 2.72. The van der Waals surface area contributed by atoms with Crippen molar-refractivity contribution in [2.45, 2.75) is 26.2 Å². The van der Waals surface area contributed by atoms with Gasteiger partial charge in [-0.05, 0) is 53.7 Å². The lowest BCUT2D eigenvalue weighted by Crippen LogP contribution is -1.98. The van der Waals surface area contributed by atoms with Gasteiger partial charge in [0.15, 0.2) is 0 Å². The molecule has 0 bridgehead atoms. The van der Waals surface area contributed by atoms with Crippen LogP contribution >= 0.6 is 0 Å². The highest BCUT2D eigenvalue weighted by Gasteiger charge is 2.10. The molecule has 0 N–H and O–H groups in total. The van der Waals surface area contributed by atoms with Gasteiger partial charge < -0.3 is 0 Å². The molecule has 0 radical (unpaired) electrons. The fourth-order valence-electron chi connectivity index (χ4n) is 3.53. The number of fused-ring (bicyclic) bond motifs is 1. The average Bonchev–Trinajstić information content (AvgIpc) is 2.63. The largest absolute Gasteiger partial charge is 0.0655 e. The zero-order valence-electron chi connectivity index (χ0n) is 14.1. The van der Waals surface area contributed by atoms with E-state index in [1.807, 2.05) is 0 Å². The summed E-state index contributed by atoms with van der Waals surface area (Å²) in [6, 6.07) is 24.2. The fraction of sp³-hybridized carbons (Fsp3) is 0.167. The van der Waals surface area contributed by atoms with E-state index < -0.39 is 0 Å². The molecule has 0 spiro atoms. The van der Waals surface area contributed by atoms with E-state index in [0.29, 0.717) is 0 Å². The molecule has 0 aromatic heterocycles. The first-order valence-corrected chi connectivity index (χ1v) is 8.72. The molecule has 1 aliphatic carbocycles. The normalized spacial score (nSPS) is 14.4. The Hall–Kier alpha value is -2.60. The average molecular weight is 310 g/mol. The van der Waals surface area contributed by atoms with E-state index in [0.717, 1.165) is 19.3 Å². The topological polar surface area (TPSA) is 0 Å². The van der Waals surface area contributed by atoms with Crippen LogP contribution in [-0.4, -0.2) is 0 Å². The quantitative estimate of drug-likeness (QED) is 0.518. The first-order chi connectivity index (χ1) is 11.8. The van der Waals surface area contributed by atoms with Crippen molar-refractivity contribution >= 4 is 16.3 Å². The van der Waals surface area contributed by atoms with Gasteiger partial charge in [0.2, 0.25) is 0 Å². The molecular formula is C24H22. The molecule has 0 unspecified atom stereocenters. The van der Waals surface area contributed by atoms with Crippen molar-refractivity contribution in [3.8, 4) is 0 Å². The summed E-state index contributed by atoms with van der Waals surface area (Å²) < 4.78 is 0. The molecule has 3 aromatic rings. The Balaban J connectivity index is 1.59. The molecule has 24 heavy (non-hydrogen) atoms. The van der Waals surface area contributed by atoms with Crippen molar-refractivity contribution in [1.29, 1.82) is 0 Å². The van der Waals surface area contributed by atoms with Crippen molar-refractivity contribution in [3.05, 3.63) is 101 Å². The Bertz CT molecular complexity index is 918. The molecule has 0 aliphatic heterocycles. The first kappa shape index (κ1) is 15.0. The molecule has 3 aromatic carbocycles. The van der Waals surface area contributed by atoms with E-state index in [9.17, 15) is 0 Å². The summed E-state index contributed by atoms with van der Waals surface area (Å²) in [4.78, 5) is 0. The third-order valence-corrected chi connectivity index (χ3v) is 4.96. The van der Waals surface area contributed by atoms with Gasteiger partial charge >= 0.3 is 0 Å². The standard InChI is InChI=1S/C24H22/c1-18-9-13-20(14-10-18)21-15-11-19(12-16-21)17-23-7-4-6-22-5-2-3-8-24(22)23/h2-11,13-15H,12,16-17H2,1H3. The molecule has 118 valence electrons. The van der Waals surface area contributed by atoms with E-state index in [1.165, 1.54) is 38.6 Å². The minimum atomic E-state index is 1.05. The van der Waals surface area contributed by atoms with Crippen LogP contribution in [0.5, 0.6) is 0 Å². The van der Waals surface area contributed by atoms with Gasteiger partial charge in [-0.1, -0.05) is 90.0 Å². The summed E-state index contributed by atoms with van der Waals surface area (Å²) in [5.74, 6) is 0. The van der Waals surface area contributed by atoms with Gasteiger partial charge in [-0.2, -0.15) is 0 Å². The summed E-state index contributed by atoms with van der Waals surface area (Å²) in [6.07, 6.45) is 8.00. The highest BCUT2D eigenvalue weighted by Crippen LogP contribution is 2.30. The Labute approximate surface area is 144 Å². The highest BCUT2D eigenvalue weighted by molar-refractivity contribution is 5.86. The van der Waals surface area contributed by atoms with Crippen LogP contribution in [0.15, 0.2) is 84.5 Å². The molecule has 0 amide bonds. The summed E-state index contributed by atoms with van der Waals surface area (Å²) in [6.45, 7) is 2.14. The molecule has 4 rings (SSSR count). The molecule has 0 nitrogen and oxygen atoms in total. The summed E-state index contributed by atoms with van der Waals surface area (Å²) in [7, 11) is 0. The minimum Gasteiger partial charge on any atom is -0.0655 e. The second kappa shape index (κ2) is 6.49. The van der Waals surface area contributed by atoms with Crippen LogP contribution in [0.3, 0.4) is 0 Å². The molecule has 0 heteroatoms. The molecule has 0 saturated heterocycles. The van der Waals surface area contributed by atoms with Crippen LogP contribution in [0.25, 0.3) is 16.3 Å². The van der Waals surface area contributed by atoms with Gasteiger partial charge in [0.05, 0.1) is 0 Å².